The summed E-state index contributed by atoms with van der Waals surface area (Å²) in [7, 11) is 0. The van der Waals surface area contributed by atoms with E-state index in [4.69, 9.17) is 4.74 Å². The molecule has 0 aliphatic carbocycles. The van der Waals surface area contributed by atoms with Gasteiger partial charge < -0.3 is 14.5 Å². The number of carbonyl (C=O) groups excluding carboxylic acids is 3. The van der Waals surface area contributed by atoms with Crippen molar-refractivity contribution in [2.75, 3.05) is 32.8 Å². The Morgan fingerprint density at radius 2 is 1.57 bits per heavy atom. The van der Waals surface area contributed by atoms with E-state index in [0.29, 0.717) is 56.4 Å². The summed E-state index contributed by atoms with van der Waals surface area (Å²) in [5, 5.41) is 0. The molecule has 30 heavy (non-hydrogen) atoms. The van der Waals surface area contributed by atoms with Crippen molar-refractivity contribution in [2.24, 2.45) is 17.8 Å². The molecule has 0 spiro atoms. The molecule has 0 saturated carbocycles. The van der Waals surface area contributed by atoms with Gasteiger partial charge in [0, 0.05) is 31.7 Å². The summed E-state index contributed by atoms with van der Waals surface area (Å²) >= 11 is 0. The van der Waals surface area contributed by atoms with Gasteiger partial charge in [0.15, 0.2) is 6.61 Å². The summed E-state index contributed by atoms with van der Waals surface area (Å²) in [6, 6.07) is 5.44. The fourth-order valence-electron chi connectivity index (χ4n) is 3.60. The van der Waals surface area contributed by atoms with Crippen LogP contribution in [-0.4, -0.2) is 60.4 Å². The first-order valence-electron chi connectivity index (χ1n) is 10.7. The molecule has 6 nitrogen and oxygen atoms in total. The van der Waals surface area contributed by atoms with E-state index in [9.17, 15) is 18.8 Å². The number of halogens is 1. The molecule has 0 bridgehead atoms. The van der Waals surface area contributed by atoms with Gasteiger partial charge in [-0.05, 0) is 48.9 Å². The van der Waals surface area contributed by atoms with Gasteiger partial charge in [0.2, 0.25) is 0 Å². The highest BCUT2D eigenvalue weighted by Crippen LogP contribution is 2.20. The van der Waals surface area contributed by atoms with E-state index in [1.165, 1.54) is 24.3 Å². The summed E-state index contributed by atoms with van der Waals surface area (Å²) in [6.45, 7) is 10.1. The van der Waals surface area contributed by atoms with E-state index in [1.54, 1.807) is 9.80 Å². The van der Waals surface area contributed by atoms with E-state index >= 15 is 0 Å². The Morgan fingerprint density at radius 3 is 2.07 bits per heavy atom. The monoisotopic (exact) mass is 420 g/mol. The van der Waals surface area contributed by atoms with Gasteiger partial charge in [-0.25, -0.2) is 4.39 Å². The maximum absolute atomic E-state index is 13.0. The molecule has 7 heteroatoms. The zero-order chi connectivity index (χ0) is 22.3. The van der Waals surface area contributed by atoms with Crippen molar-refractivity contribution in [1.29, 1.82) is 0 Å². The minimum absolute atomic E-state index is 0.171. The van der Waals surface area contributed by atoms with Crippen LogP contribution in [0.15, 0.2) is 24.3 Å². The van der Waals surface area contributed by atoms with Gasteiger partial charge in [-0.2, -0.15) is 0 Å². The number of esters is 1. The lowest BCUT2D eigenvalue weighted by molar-refractivity contribution is -0.157. The highest BCUT2D eigenvalue weighted by molar-refractivity contribution is 5.94. The molecule has 0 atom stereocenters. The molecule has 2 rings (SSSR count). The van der Waals surface area contributed by atoms with E-state index in [-0.39, 0.29) is 36.1 Å². The molecule has 1 aromatic carbocycles. The normalized spacial score (nSPS) is 14.8. The molecule has 2 amide bonds. The Bertz CT molecular complexity index is 715. The van der Waals surface area contributed by atoms with Gasteiger partial charge >= 0.3 is 5.97 Å². The molecule has 1 aromatic rings. The SMILES string of the molecule is CC(C)CN(CC(C)C)C(=O)COC(=O)C1CCN(C(=O)c2ccc(F)cc2)CC1. The highest BCUT2D eigenvalue weighted by atomic mass is 19.1. The number of piperidine rings is 1. The molecule has 1 aliphatic rings. The summed E-state index contributed by atoms with van der Waals surface area (Å²) in [4.78, 5) is 40.8. The van der Waals surface area contributed by atoms with Crippen molar-refractivity contribution in [1.82, 2.24) is 9.80 Å². The minimum atomic E-state index is -0.386. The molecular formula is C23H33FN2O4. The predicted octanol–water partition coefficient (Wildman–Crippen LogP) is 3.36. The fraction of sp³-hybridized carbons (Fsp3) is 0.609. The van der Waals surface area contributed by atoms with E-state index < -0.39 is 0 Å². The number of carbonyl (C=O) groups is 3. The Morgan fingerprint density at radius 1 is 1.03 bits per heavy atom. The smallest absolute Gasteiger partial charge is 0.309 e. The summed E-state index contributed by atoms with van der Waals surface area (Å²) in [5.74, 6) is -0.754. The van der Waals surface area contributed by atoms with Crippen LogP contribution in [0.2, 0.25) is 0 Å². The van der Waals surface area contributed by atoms with E-state index in [0.717, 1.165) is 0 Å². The molecule has 166 valence electrons. The first-order valence-corrected chi connectivity index (χ1v) is 10.7. The Labute approximate surface area is 178 Å². The number of amides is 2. The zero-order valence-electron chi connectivity index (χ0n) is 18.4. The second kappa shape index (κ2) is 11.1. The lowest BCUT2D eigenvalue weighted by Crippen LogP contribution is -2.42. The molecule has 1 heterocycles. The van der Waals surface area contributed by atoms with Crippen LogP contribution in [0.3, 0.4) is 0 Å². The van der Waals surface area contributed by atoms with E-state index in [1.807, 2.05) is 27.7 Å². The molecule has 1 aliphatic heterocycles. The van der Waals surface area contributed by atoms with Gasteiger partial charge in [0.05, 0.1) is 5.92 Å². The number of rotatable bonds is 8. The highest BCUT2D eigenvalue weighted by Gasteiger charge is 2.29. The maximum Gasteiger partial charge on any atom is 0.309 e. The summed E-state index contributed by atoms with van der Waals surface area (Å²) in [6.07, 6.45) is 0.976. The maximum atomic E-state index is 13.0. The largest absolute Gasteiger partial charge is 0.455 e. The van der Waals surface area contributed by atoms with Crippen molar-refractivity contribution in [3.05, 3.63) is 35.6 Å². The minimum Gasteiger partial charge on any atom is -0.455 e. The standard InChI is InChI=1S/C23H33FN2O4/c1-16(2)13-26(14-17(3)4)21(27)15-30-23(29)19-9-11-25(12-10-19)22(28)18-5-7-20(24)8-6-18/h5-8,16-17,19H,9-15H2,1-4H3. The Kier molecular flexibility index (Phi) is 8.81. The third-order valence-corrected chi connectivity index (χ3v) is 5.07. The summed E-state index contributed by atoms with van der Waals surface area (Å²) < 4.78 is 18.3. The van der Waals surface area contributed by atoms with Crippen LogP contribution >= 0.6 is 0 Å². The van der Waals surface area contributed by atoms with Gasteiger partial charge in [-0.3, -0.25) is 14.4 Å². The van der Waals surface area contributed by atoms with Crippen molar-refractivity contribution < 1.29 is 23.5 Å². The van der Waals surface area contributed by atoms with Crippen molar-refractivity contribution in [3.63, 3.8) is 0 Å². The molecule has 1 saturated heterocycles. The van der Waals surface area contributed by atoms with Gasteiger partial charge in [-0.15, -0.1) is 0 Å². The first kappa shape index (κ1) is 23.8. The van der Waals surface area contributed by atoms with Crippen LogP contribution in [0, 0.1) is 23.6 Å². The van der Waals surface area contributed by atoms with Crippen LogP contribution < -0.4 is 0 Å². The molecule has 1 fully saturated rings. The number of ether oxygens (including phenoxy) is 1. The second-order valence-corrected chi connectivity index (χ2v) is 8.77. The van der Waals surface area contributed by atoms with Gasteiger partial charge in [-0.1, -0.05) is 27.7 Å². The summed E-state index contributed by atoms with van der Waals surface area (Å²) in [5.41, 5.74) is 0.429. The fourth-order valence-corrected chi connectivity index (χ4v) is 3.60. The first-order chi connectivity index (χ1) is 14.2. The topological polar surface area (TPSA) is 66.9 Å². The number of likely N-dealkylation sites (tertiary alicyclic amines) is 1. The van der Waals surface area contributed by atoms with E-state index in [2.05, 4.69) is 0 Å². The van der Waals surface area contributed by atoms with Crippen LogP contribution in [0.25, 0.3) is 0 Å². The zero-order valence-corrected chi connectivity index (χ0v) is 18.4. The predicted molar refractivity (Wildman–Crippen MR) is 112 cm³/mol. The molecular weight excluding hydrogens is 387 g/mol. The van der Waals surface area contributed by atoms with Crippen LogP contribution in [0.5, 0.6) is 0 Å². The van der Waals surface area contributed by atoms with Crippen molar-refractivity contribution in [3.8, 4) is 0 Å². The van der Waals surface area contributed by atoms with Crippen LogP contribution in [-0.2, 0) is 14.3 Å². The average Bonchev–Trinajstić information content (AvgIpc) is 2.70. The molecule has 0 unspecified atom stereocenters. The third-order valence-electron chi connectivity index (χ3n) is 5.07. The van der Waals surface area contributed by atoms with Crippen LogP contribution in [0.4, 0.5) is 4.39 Å². The number of benzene rings is 1. The lowest BCUT2D eigenvalue weighted by Gasteiger charge is -2.31. The van der Waals surface area contributed by atoms with Crippen LogP contribution in [0.1, 0.15) is 50.9 Å². The van der Waals surface area contributed by atoms with Crippen molar-refractivity contribution in [2.45, 2.75) is 40.5 Å². The second-order valence-electron chi connectivity index (χ2n) is 8.77. The lowest BCUT2D eigenvalue weighted by atomic mass is 9.96. The molecule has 0 N–H and O–H groups in total. The third kappa shape index (κ3) is 7.11. The Hall–Kier alpha value is -2.44. The Balaban J connectivity index is 1.81. The number of hydrogen-bond acceptors (Lipinski definition) is 4. The van der Waals surface area contributed by atoms with Crippen molar-refractivity contribution >= 4 is 17.8 Å². The quantitative estimate of drug-likeness (QED) is 0.605. The number of hydrogen-bond donors (Lipinski definition) is 0. The number of nitrogens with zero attached hydrogens (tertiary/aromatic N) is 2. The van der Waals surface area contributed by atoms with Gasteiger partial charge in [0.25, 0.3) is 11.8 Å². The average molecular weight is 421 g/mol. The molecule has 0 aromatic heterocycles. The molecule has 0 radical (unpaired) electrons. The van der Waals surface area contributed by atoms with Gasteiger partial charge in [0.1, 0.15) is 5.82 Å².